The van der Waals surface area contributed by atoms with E-state index in [1.54, 1.807) is 0 Å². The second-order valence-electron chi connectivity index (χ2n) is 12.4. The molecule has 3 saturated carbocycles. The predicted octanol–water partition coefficient (Wildman–Crippen LogP) is 3.45. The third-order valence-corrected chi connectivity index (χ3v) is 10.5. The van der Waals surface area contributed by atoms with Gasteiger partial charge in [-0.05, 0) is 93.5 Å². The highest BCUT2D eigenvalue weighted by Crippen LogP contribution is 2.67. The number of hydrogen-bond donors (Lipinski definition) is 4. The van der Waals surface area contributed by atoms with Gasteiger partial charge in [-0.1, -0.05) is 30.5 Å². The summed E-state index contributed by atoms with van der Waals surface area (Å²) in [5.41, 5.74) is 6.54. The van der Waals surface area contributed by atoms with E-state index < -0.39 is 23.5 Å². The Balaban J connectivity index is 1.35. The number of amidine groups is 1. The molecule has 4 aliphatic carbocycles. The first-order valence-corrected chi connectivity index (χ1v) is 14.3. The minimum atomic E-state index is -0.985. The normalized spacial score (nSPS) is 36.8. The van der Waals surface area contributed by atoms with E-state index >= 15 is 0 Å². The van der Waals surface area contributed by atoms with E-state index in [-0.39, 0.29) is 23.3 Å². The van der Waals surface area contributed by atoms with Gasteiger partial charge in [0.1, 0.15) is 11.6 Å². The number of hydrogen-bond acceptors (Lipinski definition) is 7. The Bertz CT molecular complexity index is 1100. The van der Waals surface area contributed by atoms with Crippen LogP contribution in [0.2, 0.25) is 0 Å². The number of oxime groups is 1. The number of esters is 1. The summed E-state index contributed by atoms with van der Waals surface area (Å²) in [6.07, 6.45) is 16.7. The average molecular weight is 541 g/mol. The van der Waals surface area contributed by atoms with Gasteiger partial charge in [0, 0.05) is 11.8 Å². The number of aliphatic hydroxyl groups is 1. The first-order chi connectivity index (χ1) is 18.5. The van der Waals surface area contributed by atoms with Gasteiger partial charge >= 0.3 is 5.97 Å². The lowest BCUT2D eigenvalue weighted by Gasteiger charge is -2.58. The molecule has 7 atom stereocenters. The third kappa shape index (κ3) is 5.45. The molecule has 4 aliphatic rings. The van der Waals surface area contributed by atoms with Crippen LogP contribution >= 0.6 is 0 Å². The second kappa shape index (κ2) is 11.3. The quantitative estimate of drug-likeness (QED) is 0.116. The number of carbonyl (C=O) groups is 2. The monoisotopic (exact) mass is 540 g/mol. The minimum absolute atomic E-state index is 0.0341. The number of fused-ring (bicyclic) bond motifs is 5. The van der Waals surface area contributed by atoms with Crippen molar-refractivity contribution >= 4 is 23.4 Å². The molecule has 0 heterocycles. The Morgan fingerprint density at radius 3 is 2.69 bits per heavy atom. The SMILES string of the molecule is C#C[C@@]1(O)CC[C@@H]2[C@@H]3CCC4=C/C(=N\OCC(=O)N[C@@H](CCCC(=N)N)C(=O)OC)CC[C@]4(C)[C@H]3CC[C@@]21C. The van der Waals surface area contributed by atoms with Crippen LogP contribution in [-0.2, 0) is 19.2 Å². The number of terminal acetylenes is 1. The fourth-order valence-corrected chi connectivity index (χ4v) is 8.19. The molecular formula is C30H44N4O5. The van der Waals surface area contributed by atoms with Gasteiger partial charge in [0.15, 0.2) is 6.61 Å². The summed E-state index contributed by atoms with van der Waals surface area (Å²) >= 11 is 0. The van der Waals surface area contributed by atoms with Crippen LogP contribution in [0.5, 0.6) is 0 Å². The Hall–Kier alpha value is -2.86. The molecule has 0 unspecified atom stereocenters. The van der Waals surface area contributed by atoms with Crippen molar-refractivity contribution in [1.29, 1.82) is 5.41 Å². The number of nitrogens with two attached hydrogens (primary N) is 1. The number of nitrogens with one attached hydrogen (secondary N) is 2. The second-order valence-corrected chi connectivity index (χ2v) is 12.4. The molecule has 4 rings (SSSR count). The minimum Gasteiger partial charge on any atom is -0.467 e. The first kappa shape index (κ1) is 29.1. The van der Waals surface area contributed by atoms with Crippen molar-refractivity contribution in [3.05, 3.63) is 11.6 Å². The summed E-state index contributed by atoms with van der Waals surface area (Å²) in [6, 6.07) is -0.820. The summed E-state index contributed by atoms with van der Waals surface area (Å²) in [7, 11) is 1.27. The molecule has 0 bridgehead atoms. The molecule has 1 amide bonds. The van der Waals surface area contributed by atoms with Crippen molar-refractivity contribution in [3.8, 4) is 12.3 Å². The van der Waals surface area contributed by atoms with Crippen LogP contribution in [0.4, 0.5) is 0 Å². The van der Waals surface area contributed by atoms with Crippen LogP contribution < -0.4 is 11.1 Å². The molecule has 0 aliphatic heterocycles. The summed E-state index contributed by atoms with van der Waals surface area (Å²) in [6.45, 7) is 4.31. The molecule has 0 spiro atoms. The van der Waals surface area contributed by atoms with Gasteiger partial charge in [-0.15, -0.1) is 6.42 Å². The van der Waals surface area contributed by atoms with E-state index in [1.165, 1.54) is 12.7 Å². The molecular weight excluding hydrogens is 496 g/mol. The summed E-state index contributed by atoms with van der Waals surface area (Å²) in [5.74, 6) is 3.39. The van der Waals surface area contributed by atoms with Gasteiger partial charge in [0.05, 0.1) is 18.7 Å². The molecule has 0 saturated heterocycles. The highest BCUT2D eigenvalue weighted by molar-refractivity contribution is 5.96. The van der Waals surface area contributed by atoms with E-state index in [4.69, 9.17) is 27.1 Å². The van der Waals surface area contributed by atoms with E-state index in [1.807, 2.05) is 0 Å². The van der Waals surface area contributed by atoms with Crippen LogP contribution in [0.3, 0.4) is 0 Å². The third-order valence-electron chi connectivity index (χ3n) is 10.5. The standard InChI is InChI=1S/C30H44N4O5/c1-5-30(37)16-13-23-21-10-9-19-17-20(11-14-28(19,2)22(21)12-15-29(23,30)3)34-39-18-26(35)33-24(27(36)38-4)7-6-8-25(31)32/h1,17,21-24,37H,6-16,18H2,2-4H3,(H3,31,32)(H,33,35)/b34-20-/t21-,22+,23-,24+,28+,29+,30-/m1/s1. The number of amides is 1. The number of nitrogens with zero attached hydrogens (tertiary/aromatic N) is 1. The maximum Gasteiger partial charge on any atom is 0.328 e. The van der Waals surface area contributed by atoms with Crippen molar-refractivity contribution in [2.24, 2.45) is 39.5 Å². The molecule has 5 N–H and O–H groups in total. The summed E-state index contributed by atoms with van der Waals surface area (Å²) < 4.78 is 4.78. The Morgan fingerprint density at radius 1 is 1.26 bits per heavy atom. The van der Waals surface area contributed by atoms with Crippen LogP contribution in [0.25, 0.3) is 0 Å². The van der Waals surface area contributed by atoms with Crippen molar-refractivity contribution in [3.63, 3.8) is 0 Å². The van der Waals surface area contributed by atoms with Crippen molar-refractivity contribution in [1.82, 2.24) is 5.32 Å². The topological polar surface area (TPSA) is 147 Å². The number of rotatable bonds is 9. The molecule has 39 heavy (non-hydrogen) atoms. The lowest BCUT2D eigenvalue weighted by molar-refractivity contribution is -0.145. The molecule has 0 aromatic carbocycles. The lowest BCUT2D eigenvalue weighted by Crippen LogP contribution is -2.54. The Morgan fingerprint density at radius 2 is 2.00 bits per heavy atom. The zero-order valence-corrected chi connectivity index (χ0v) is 23.6. The number of carbonyl (C=O) groups excluding carboxylic acids is 2. The van der Waals surface area contributed by atoms with E-state index in [2.05, 4.69) is 36.3 Å². The van der Waals surface area contributed by atoms with Crippen molar-refractivity contribution in [2.75, 3.05) is 13.7 Å². The molecule has 9 nitrogen and oxygen atoms in total. The van der Waals surface area contributed by atoms with E-state index in [0.717, 1.165) is 50.7 Å². The van der Waals surface area contributed by atoms with Crippen LogP contribution in [0.1, 0.15) is 84.5 Å². The zero-order valence-electron chi connectivity index (χ0n) is 23.6. The van der Waals surface area contributed by atoms with Gasteiger partial charge in [-0.3, -0.25) is 10.2 Å². The van der Waals surface area contributed by atoms with Gasteiger partial charge < -0.3 is 25.7 Å². The largest absolute Gasteiger partial charge is 0.467 e. The predicted molar refractivity (Wildman–Crippen MR) is 149 cm³/mol. The summed E-state index contributed by atoms with van der Waals surface area (Å²) in [5, 5.41) is 25.4. The zero-order chi connectivity index (χ0) is 28.4. The highest BCUT2D eigenvalue weighted by Gasteiger charge is 2.63. The average Bonchev–Trinajstić information content (AvgIpc) is 3.18. The molecule has 9 heteroatoms. The van der Waals surface area contributed by atoms with Crippen LogP contribution in [0, 0.1) is 46.3 Å². The number of allylic oxidation sites excluding steroid dienone is 2. The Kier molecular flexibility index (Phi) is 8.46. The van der Waals surface area contributed by atoms with Crippen molar-refractivity contribution < 1.29 is 24.3 Å². The lowest BCUT2D eigenvalue weighted by atomic mass is 9.46. The number of methoxy groups -OCH3 is 1. The highest BCUT2D eigenvalue weighted by atomic mass is 16.6. The Labute approximate surface area is 231 Å². The molecule has 214 valence electrons. The smallest absolute Gasteiger partial charge is 0.328 e. The van der Waals surface area contributed by atoms with Gasteiger partial charge in [-0.2, -0.15) is 0 Å². The maximum absolute atomic E-state index is 12.4. The van der Waals surface area contributed by atoms with E-state index in [9.17, 15) is 14.7 Å². The van der Waals surface area contributed by atoms with Gasteiger partial charge in [0.25, 0.3) is 5.91 Å². The first-order valence-electron chi connectivity index (χ1n) is 14.3. The molecule has 0 aromatic rings. The molecule has 0 radical (unpaired) electrons. The van der Waals surface area contributed by atoms with E-state index in [0.29, 0.717) is 43.4 Å². The maximum atomic E-state index is 12.4. The van der Waals surface area contributed by atoms with Crippen LogP contribution in [0.15, 0.2) is 16.8 Å². The van der Waals surface area contributed by atoms with Gasteiger partial charge in [0.2, 0.25) is 0 Å². The van der Waals surface area contributed by atoms with Crippen LogP contribution in [-0.4, -0.2) is 53.9 Å². The molecule has 0 aromatic heterocycles. The van der Waals surface area contributed by atoms with Gasteiger partial charge in [-0.25, -0.2) is 4.79 Å². The number of ether oxygens (including phenoxy) is 1. The molecule has 3 fully saturated rings. The fraction of sp³-hybridized carbons (Fsp3) is 0.733. The summed E-state index contributed by atoms with van der Waals surface area (Å²) in [4.78, 5) is 29.8. The fourth-order valence-electron chi connectivity index (χ4n) is 8.19. The van der Waals surface area contributed by atoms with Crippen molar-refractivity contribution in [2.45, 2.75) is 96.1 Å².